The van der Waals surface area contributed by atoms with E-state index in [-0.39, 0.29) is 5.82 Å². The van der Waals surface area contributed by atoms with Gasteiger partial charge in [-0.15, -0.1) is 0 Å². The molecule has 24 heavy (non-hydrogen) atoms. The van der Waals surface area contributed by atoms with Crippen LogP contribution in [0.2, 0.25) is 10.0 Å². The summed E-state index contributed by atoms with van der Waals surface area (Å²) >= 11 is 12.2. The molecule has 128 valence electrons. The van der Waals surface area contributed by atoms with Crippen molar-refractivity contribution in [1.29, 1.82) is 0 Å². The summed E-state index contributed by atoms with van der Waals surface area (Å²) in [5.74, 6) is 0.346. The van der Waals surface area contributed by atoms with Gasteiger partial charge in [-0.3, -0.25) is 4.90 Å². The Balaban J connectivity index is 1.45. The minimum atomic E-state index is -0.201. The number of ether oxygens (including phenoxy) is 1. The molecule has 0 N–H and O–H groups in total. The first-order valence-corrected chi connectivity index (χ1v) is 8.69. The largest absolute Gasteiger partial charge is 0.489 e. The summed E-state index contributed by atoms with van der Waals surface area (Å²) in [6.07, 6.45) is 0. The van der Waals surface area contributed by atoms with Gasteiger partial charge in [0, 0.05) is 38.4 Å². The van der Waals surface area contributed by atoms with E-state index in [4.69, 9.17) is 27.9 Å². The fraction of sp³-hybridized carbons (Fsp3) is 0.333. The smallest absolute Gasteiger partial charge is 0.156 e. The van der Waals surface area contributed by atoms with Gasteiger partial charge in [-0.2, -0.15) is 0 Å². The number of nitrogens with zero attached hydrogens (tertiary/aromatic N) is 2. The molecular weight excluding hydrogens is 350 g/mol. The van der Waals surface area contributed by atoms with Crippen LogP contribution in [0.5, 0.6) is 5.75 Å². The molecule has 2 aromatic rings. The van der Waals surface area contributed by atoms with Gasteiger partial charge < -0.3 is 9.64 Å². The van der Waals surface area contributed by atoms with Gasteiger partial charge in [0.2, 0.25) is 0 Å². The van der Waals surface area contributed by atoms with Gasteiger partial charge in [0.1, 0.15) is 12.4 Å². The fourth-order valence-electron chi connectivity index (χ4n) is 2.78. The van der Waals surface area contributed by atoms with Crippen LogP contribution in [0, 0.1) is 5.82 Å². The van der Waals surface area contributed by atoms with E-state index in [1.165, 1.54) is 12.1 Å². The second-order valence-electron chi connectivity index (χ2n) is 5.70. The molecule has 1 saturated heterocycles. The van der Waals surface area contributed by atoms with Crippen molar-refractivity contribution in [1.82, 2.24) is 4.90 Å². The summed E-state index contributed by atoms with van der Waals surface area (Å²) in [6, 6.07) is 12.0. The van der Waals surface area contributed by atoms with Crippen molar-refractivity contribution in [2.45, 2.75) is 0 Å². The molecule has 1 heterocycles. The van der Waals surface area contributed by atoms with Gasteiger partial charge >= 0.3 is 0 Å². The molecule has 1 fully saturated rings. The maximum atomic E-state index is 13.0. The zero-order chi connectivity index (χ0) is 16.9. The SMILES string of the molecule is Fc1ccc(N2CCN(CCOc3c(Cl)cccc3Cl)CC2)cc1. The quantitative estimate of drug-likeness (QED) is 0.780. The van der Waals surface area contributed by atoms with E-state index in [0.29, 0.717) is 22.4 Å². The number of rotatable bonds is 5. The number of piperazine rings is 1. The van der Waals surface area contributed by atoms with E-state index in [1.54, 1.807) is 18.2 Å². The van der Waals surface area contributed by atoms with Gasteiger partial charge in [-0.25, -0.2) is 4.39 Å². The molecule has 3 nitrogen and oxygen atoms in total. The second-order valence-corrected chi connectivity index (χ2v) is 6.52. The molecular formula is C18H19Cl2FN2O. The minimum Gasteiger partial charge on any atom is -0.489 e. The van der Waals surface area contributed by atoms with Gasteiger partial charge in [0.15, 0.2) is 5.75 Å². The molecule has 0 aliphatic carbocycles. The van der Waals surface area contributed by atoms with E-state index in [2.05, 4.69) is 9.80 Å². The molecule has 6 heteroatoms. The Labute approximate surface area is 151 Å². The summed E-state index contributed by atoms with van der Waals surface area (Å²) in [5.41, 5.74) is 1.06. The van der Waals surface area contributed by atoms with E-state index in [9.17, 15) is 4.39 Å². The van der Waals surface area contributed by atoms with Gasteiger partial charge in [-0.05, 0) is 36.4 Å². The van der Waals surface area contributed by atoms with Crippen molar-refractivity contribution in [3.05, 3.63) is 58.3 Å². The summed E-state index contributed by atoms with van der Waals surface area (Å²) in [4.78, 5) is 4.60. The molecule has 0 bridgehead atoms. The van der Waals surface area contributed by atoms with Crippen LogP contribution in [-0.4, -0.2) is 44.2 Å². The summed E-state index contributed by atoms with van der Waals surface area (Å²) in [7, 11) is 0. The molecule has 0 saturated carbocycles. The Morgan fingerprint density at radius 2 is 1.54 bits per heavy atom. The van der Waals surface area contributed by atoms with E-state index < -0.39 is 0 Å². The van der Waals surface area contributed by atoms with E-state index in [0.717, 1.165) is 38.4 Å². The number of anilines is 1. The molecule has 1 aliphatic rings. The zero-order valence-corrected chi connectivity index (χ0v) is 14.7. The lowest BCUT2D eigenvalue weighted by molar-refractivity contribution is 0.200. The Kier molecular flexibility index (Phi) is 5.82. The normalized spacial score (nSPS) is 15.5. The monoisotopic (exact) mass is 368 g/mol. The van der Waals surface area contributed by atoms with Gasteiger partial charge in [0.25, 0.3) is 0 Å². The van der Waals surface area contributed by atoms with Crippen molar-refractivity contribution < 1.29 is 9.13 Å². The molecule has 2 aromatic carbocycles. The highest BCUT2D eigenvalue weighted by Gasteiger charge is 2.17. The molecule has 0 amide bonds. The highest BCUT2D eigenvalue weighted by molar-refractivity contribution is 6.37. The average molecular weight is 369 g/mol. The van der Waals surface area contributed by atoms with Crippen molar-refractivity contribution in [3.8, 4) is 5.75 Å². The van der Waals surface area contributed by atoms with Crippen molar-refractivity contribution in [3.63, 3.8) is 0 Å². The molecule has 0 aromatic heterocycles. The average Bonchev–Trinajstić information content (AvgIpc) is 2.59. The van der Waals surface area contributed by atoms with Crippen LogP contribution >= 0.6 is 23.2 Å². The van der Waals surface area contributed by atoms with Crippen LogP contribution in [-0.2, 0) is 0 Å². The molecule has 0 atom stereocenters. The van der Waals surface area contributed by atoms with Crippen molar-refractivity contribution >= 4 is 28.9 Å². The third kappa shape index (κ3) is 4.32. The lowest BCUT2D eigenvalue weighted by atomic mass is 10.2. The Morgan fingerprint density at radius 3 is 2.17 bits per heavy atom. The van der Waals surface area contributed by atoms with Crippen molar-refractivity contribution in [2.24, 2.45) is 0 Å². The first kappa shape index (κ1) is 17.3. The maximum absolute atomic E-state index is 13.0. The van der Waals surface area contributed by atoms with Crippen LogP contribution in [0.1, 0.15) is 0 Å². The molecule has 3 rings (SSSR count). The lowest BCUT2D eigenvalue weighted by Crippen LogP contribution is -2.47. The number of halogens is 3. The standard InChI is InChI=1S/C18H19Cl2FN2O/c19-16-2-1-3-17(20)18(16)24-13-12-22-8-10-23(11-9-22)15-6-4-14(21)5-7-15/h1-7H,8-13H2. The summed E-state index contributed by atoms with van der Waals surface area (Å²) < 4.78 is 18.7. The predicted molar refractivity (Wildman–Crippen MR) is 97.0 cm³/mol. The predicted octanol–water partition coefficient (Wildman–Crippen LogP) is 4.33. The van der Waals surface area contributed by atoms with Gasteiger partial charge in [0.05, 0.1) is 10.0 Å². The fourth-order valence-corrected chi connectivity index (χ4v) is 3.29. The van der Waals surface area contributed by atoms with Crippen LogP contribution in [0.3, 0.4) is 0 Å². The lowest BCUT2D eigenvalue weighted by Gasteiger charge is -2.36. The summed E-state index contributed by atoms with van der Waals surface area (Å²) in [6.45, 7) is 5.07. The molecule has 0 unspecified atom stereocenters. The zero-order valence-electron chi connectivity index (χ0n) is 13.2. The number of benzene rings is 2. The summed E-state index contributed by atoms with van der Waals surface area (Å²) in [5, 5.41) is 1.06. The third-order valence-corrected chi connectivity index (χ3v) is 4.73. The number of hydrogen-bond acceptors (Lipinski definition) is 3. The van der Waals surface area contributed by atoms with Crippen LogP contribution < -0.4 is 9.64 Å². The minimum absolute atomic E-state index is 0.201. The van der Waals surface area contributed by atoms with Crippen LogP contribution in [0.25, 0.3) is 0 Å². The topological polar surface area (TPSA) is 15.7 Å². The van der Waals surface area contributed by atoms with Crippen molar-refractivity contribution in [2.75, 3.05) is 44.2 Å². The third-order valence-electron chi connectivity index (χ3n) is 4.14. The van der Waals surface area contributed by atoms with Crippen LogP contribution in [0.15, 0.2) is 42.5 Å². The molecule has 0 radical (unpaired) electrons. The van der Waals surface area contributed by atoms with E-state index >= 15 is 0 Å². The molecule has 1 aliphatic heterocycles. The Hall–Kier alpha value is -1.49. The van der Waals surface area contributed by atoms with Crippen LogP contribution in [0.4, 0.5) is 10.1 Å². The highest BCUT2D eigenvalue weighted by Crippen LogP contribution is 2.32. The highest BCUT2D eigenvalue weighted by atomic mass is 35.5. The number of hydrogen-bond donors (Lipinski definition) is 0. The second kappa shape index (κ2) is 8.06. The first-order chi connectivity index (χ1) is 11.6. The number of para-hydroxylation sites is 1. The maximum Gasteiger partial charge on any atom is 0.156 e. The van der Waals surface area contributed by atoms with E-state index in [1.807, 2.05) is 12.1 Å². The molecule has 0 spiro atoms. The van der Waals surface area contributed by atoms with Gasteiger partial charge in [-0.1, -0.05) is 29.3 Å². The Morgan fingerprint density at radius 1 is 0.917 bits per heavy atom. The Bertz CT molecular complexity index is 653. The first-order valence-electron chi connectivity index (χ1n) is 7.93.